The average molecular weight is 343 g/mol. The number of carbonyl (C=O) groups excluding carboxylic acids is 1. The maximum Gasteiger partial charge on any atom is 2.00 e. The second-order valence-corrected chi connectivity index (χ2v) is 3.76. The fourth-order valence-corrected chi connectivity index (χ4v) is 1.49. The van der Waals surface area contributed by atoms with Crippen molar-refractivity contribution in [3.63, 3.8) is 0 Å². The van der Waals surface area contributed by atoms with E-state index in [9.17, 15) is 9.90 Å². The van der Waals surface area contributed by atoms with E-state index in [0.29, 0.717) is 11.1 Å². The number of carbonyl (C=O) groups is 1. The summed E-state index contributed by atoms with van der Waals surface area (Å²) in [4.78, 5) is 15.4. The number of hydrogen-bond acceptors (Lipinski definition) is 5. The molecule has 1 radical (unpaired) electrons. The zero-order valence-electron chi connectivity index (χ0n) is 11.6. The quantitative estimate of drug-likeness (QED) is 0.352. The van der Waals surface area contributed by atoms with Gasteiger partial charge < -0.3 is 30.6 Å². The van der Waals surface area contributed by atoms with Gasteiger partial charge in [-0.3, -0.25) is 4.98 Å². The van der Waals surface area contributed by atoms with E-state index in [1.807, 2.05) is 0 Å². The summed E-state index contributed by atoms with van der Waals surface area (Å²) in [6.07, 6.45) is 4.21. The molecule has 0 unspecified atom stereocenters. The van der Waals surface area contributed by atoms with Crippen molar-refractivity contribution in [2.45, 2.75) is 0 Å². The molecule has 1 aromatic carbocycles. The molecule has 22 heavy (non-hydrogen) atoms. The van der Waals surface area contributed by atoms with Crippen LogP contribution in [-0.2, 0) is 22.5 Å². The molecule has 0 fully saturated rings. The molecule has 0 atom stereocenters. The Labute approximate surface area is 137 Å². The van der Waals surface area contributed by atoms with Crippen LogP contribution in [0.3, 0.4) is 0 Å². The van der Waals surface area contributed by atoms with E-state index >= 15 is 0 Å². The van der Waals surface area contributed by atoms with Crippen LogP contribution < -0.4 is 9.84 Å². The number of methoxy groups -OCH3 is 1. The van der Waals surface area contributed by atoms with Crippen LogP contribution in [0.15, 0.2) is 47.8 Å². The zero-order valence-corrected chi connectivity index (χ0v) is 12.8. The van der Waals surface area contributed by atoms with Gasteiger partial charge in [0.2, 0.25) is 0 Å². The summed E-state index contributed by atoms with van der Waals surface area (Å²) in [7, 11) is 1.41. The molecule has 0 aliphatic heterocycles. The van der Waals surface area contributed by atoms with E-state index in [1.165, 1.54) is 37.9 Å². The van der Waals surface area contributed by atoms with Gasteiger partial charge in [0, 0.05) is 24.2 Å². The molecule has 1 aromatic heterocycles. The molecular weight excluding hydrogens is 329 g/mol. The van der Waals surface area contributed by atoms with E-state index in [1.54, 1.807) is 18.2 Å². The van der Waals surface area contributed by atoms with Crippen molar-refractivity contribution in [3.8, 4) is 11.5 Å². The molecule has 0 aliphatic rings. The van der Waals surface area contributed by atoms with Gasteiger partial charge >= 0.3 is 17.1 Å². The molecule has 2 rings (SSSR count). The monoisotopic (exact) mass is 343 g/mol. The number of ether oxygens (including phenoxy) is 1. The summed E-state index contributed by atoms with van der Waals surface area (Å²) >= 11 is 0. The minimum Gasteiger partial charge on any atom is -0.870 e. The molecule has 8 heteroatoms. The Kier molecular flexibility index (Phi) is 8.47. The van der Waals surface area contributed by atoms with Gasteiger partial charge in [-0.2, -0.15) is 0 Å². The van der Waals surface area contributed by atoms with E-state index in [2.05, 4.69) is 15.5 Å². The molecule has 115 valence electrons. The minimum absolute atomic E-state index is 0. The molecule has 3 N–H and O–H groups in total. The first kappa shape index (κ1) is 19.6. The second-order valence-electron chi connectivity index (χ2n) is 3.76. The summed E-state index contributed by atoms with van der Waals surface area (Å²) in [6, 6.07) is 7.85. The molecule has 1 amide bonds. The number of hydrogen-bond donors (Lipinski definition) is 0. The number of amides is 1. The van der Waals surface area contributed by atoms with E-state index in [4.69, 9.17) is 4.74 Å². The SMILES string of the molecule is COc1cccc(/C=N/[N-]C(=O)c2ccncc2)c1[O-].[Mn+2].[OH3+]. The third kappa shape index (κ3) is 4.85. The van der Waals surface area contributed by atoms with E-state index in [0.717, 1.165) is 0 Å². The standard InChI is InChI=1S/C14H13N3O3.Mn.H2O/c1-20-12-4-2-3-11(13(12)18)9-16-17-14(19)10-5-7-15-8-6-10;;/h2-9H,1H3,(H2,15,16,17,18,19);;1H2/q;+2;/p-1. The van der Waals surface area contributed by atoms with Crippen LogP contribution in [0.1, 0.15) is 15.9 Å². The Balaban J connectivity index is 0.00000220. The summed E-state index contributed by atoms with van der Waals surface area (Å²) in [5.41, 5.74) is 4.19. The number of pyridine rings is 1. The Morgan fingerprint density at radius 3 is 2.64 bits per heavy atom. The number of aromatic nitrogens is 1. The van der Waals surface area contributed by atoms with Crippen LogP contribution in [0.5, 0.6) is 11.5 Å². The number of para-hydroxylation sites is 1. The maximum atomic E-state index is 11.8. The molecular formula is C14H14MnN3O4+. The minimum atomic E-state index is -0.501. The molecule has 0 bridgehead atoms. The van der Waals surface area contributed by atoms with Crippen molar-refractivity contribution in [2.75, 3.05) is 7.11 Å². The predicted molar refractivity (Wildman–Crippen MR) is 76.8 cm³/mol. The van der Waals surface area contributed by atoms with Gasteiger partial charge in [-0.25, -0.2) is 0 Å². The Morgan fingerprint density at radius 1 is 1.32 bits per heavy atom. The summed E-state index contributed by atoms with van der Waals surface area (Å²) < 4.78 is 4.90. The number of nitrogens with zero attached hydrogens (tertiary/aromatic N) is 3. The Hall–Kier alpha value is -2.41. The fourth-order valence-electron chi connectivity index (χ4n) is 1.49. The van der Waals surface area contributed by atoms with Gasteiger partial charge in [0.05, 0.1) is 13.0 Å². The van der Waals surface area contributed by atoms with E-state index < -0.39 is 5.91 Å². The van der Waals surface area contributed by atoms with Crippen molar-refractivity contribution >= 4 is 12.1 Å². The summed E-state index contributed by atoms with van der Waals surface area (Å²) in [5, 5.41) is 15.4. The van der Waals surface area contributed by atoms with E-state index in [-0.39, 0.29) is 34.0 Å². The second kappa shape index (κ2) is 9.51. The van der Waals surface area contributed by atoms with Gasteiger partial charge in [-0.1, -0.05) is 17.9 Å². The first-order chi connectivity index (χ1) is 9.72. The van der Waals surface area contributed by atoms with Gasteiger partial charge in [0.25, 0.3) is 0 Å². The molecule has 0 saturated carbocycles. The Bertz CT molecular complexity index is 635. The first-order valence-electron chi connectivity index (χ1n) is 5.75. The van der Waals surface area contributed by atoms with Gasteiger partial charge in [-0.05, 0) is 23.8 Å². The summed E-state index contributed by atoms with van der Waals surface area (Å²) in [5.74, 6) is -0.585. The largest absolute Gasteiger partial charge is 2.00 e. The zero-order chi connectivity index (χ0) is 14.4. The topological polar surface area (TPSA) is 122 Å². The van der Waals surface area contributed by atoms with Crippen LogP contribution in [0.4, 0.5) is 0 Å². The number of rotatable bonds is 4. The predicted octanol–water partition coefficient (Wildman–Crippen LogP) is 0.787. The van der Waals surface area contributed by atoms with Crippen LogP contribution in [0.25, 0.3) is 5.43 Å². The fraction of sp³-hybridized carbons (Fsp3) is 0.0714. The van der Waals surface area contributed by atoms with Crippen molar-refractivity contribution < 1.29 is 37.2 Å². The molecule has 0 aliphatic carbocycles. The Morgan fingerprint density at radius 2 is 2.00 bits per heavy atom. The molecule has 2 aromatic rings. The van der Waals surface area contributed by atoms with Crippen LogP contribution in [0.2, 0.25) is 0 Å². The van der Waals surface area contributed by atoms with Crippen LogP contribution in [-0.4, -0.2) is 24.2 Å². The normalized spacial score (nSPS) is 9.50. The summed E-state index contributed by atoms with van der Waals surface area (Å²) in [6.45, 7) is 0. The average Bonchev–Trinajstić information content (AvgIpc) is 2.49. The van der Waals surface area contributed by atoms with Crippen molar-refractivity contribution in [1.82, 2.24) is 4.98 Å². The molecule has 1 heterocycles. The van der Waals surface area contributed by atoms with Gasteiger partial charge in [0.1, 0.15) is 5.75 Å². The number of benzene rings is 1. The third-order valence-corrected chi connectivity index (χ3v) is 2.50. The third-order valence-electron chi connectivity index (χ3n) is 2.50. The first-order valence-corrected chi connectivity index (χ1v) is 5.75. The van der Waals surface area contributed by atoms with Crippen molar-refractivity contribution in [2.24, 2.45) is 5.10 Å². The smallest absolute Gasteiger partial charge is 0.870 e. The molecule has 0 saturated heterocycles. The van der Waals surface area contributed by atoms with Gasteiger partial charge in [0.15, 0.2) is 0 Å². The van der Waals surface area contributed by atoms with Crippen molar-refractivity contribution in [1.29, 1.82) is 0 Å². The van der Waals surface area contributed by atoms with Crippen molar-refractivity contribution in [3.05, 3.63) is 59.3 Å². The van der Waals surface area contributed by atoms with Gasteiger partial charge in [-0.15, -0.1) is 0 Å². The molecule has 0 spiro atoms. The maximum absolute atomic E-state index is 11.8. The van der Waals surface area contributed by atoms with Crippen LogP contribution in [0, 0.1) is 0 Å². The van der Waals surface area contributed by atoms with Crippen LogP contribution >= 0.6 is 0 Å². The molecule has 7 nitrogen and oxygen atoms in total.